The van der Waals surface area contributed by atoms with Crippen molar-refractivity contribution in [2.45, 2.75) is 25.7 Å². The molecule has 1 heterocycles. The van der Waals surface area contributed by atoms with Gasteiger partial charge in [0.05, 0.1) is 17.6 Å². The monoisotopic (exact) mass is 456 g/mol. The lowest BCUT2D eigenvalue weighted by molar-refractivity contribution is -0.131. The highest BCUT2D eigenvalue weighted by Gasteiger charge is 2.26. The van der Waals surface area contributed by atoms with Crippen LogP contribution >= 0.6 is 15.9 Å². The molecular formula is C19H20BrF3N4O. The number of hydrogen-bond donors (Lipinski definition) is 3. The van der Waals surface area contributed by atoms with E-state index in [0.29, 0.717) is 11.2 Å². The lowest BCUT2D eigenvalue weighted by Crippen LogP contribution is -2.16. The normalized spacial score (nSPS) is 13.1. The zero-order valence-corrected chi connectivity index (χ0v) is 16.9. The maximum atomic E-state index is 12.4. The standard InChI is InChI=1S/C19H20BrF3N4O/c1-11-7-13(3-4-14(11)18(28)24-2)27-10-26-17-15(8-12(20)9-16(17)27)25-6-5-19(21,22)23/h3-4,7-10,18,24-25,28H,5-6H2,1-2H3. The summed E-state index contributed by atoms with van der Waals surface area (Å²) in [4.78, 5) is 4.39. The average molecular weight is 457 g/mol. The van der Waals surface area contributed by atoms with Gasteiger partial charge in [-0.1, -0.05) is 22.0 Å². The fraction of sp³-hybridized carbons (Fsp3) is 0.316. The molecule has 0 saturated heterocycles. The van der Waals surface area contributed by atoms with Crippen LogP contribution in [0.2, 0.25) is 0 Å². The van der Waals surface area contributed by atoms with Gasteiger partial charge in [0.15, 0.2) is 0 Å². The summed E-state index contributed by atoms with van der Waals surface area (Å²) in [6.07, 6.45) is -4.26. The van der Waals surface area contributed by atoms with E-state index in [2.05, 4.69) is 31.5 Å². The van der Waals surface area contributed by atoms with Gasteiger partial charge in [-0.2, -0.15) is 13.2 Å². The van der Waals surface area contributed by atoms with Crippen molar-refractivity contribution in [1.82, 2.24) is 14.9 Å². The fourth-order valence-corrected chi connectivity index (χ4v) is 3.48. The molecule has 9 heteroatoms. The molecule has 3 N–H and O–H groups in total. The first-order valence-corrected chi connectivity index (χ1v) is 9.42. The van der Waals surface area contributed by atoms with Crippen LogP contribution in [0, 0.1) is 6.92 Å². The number of imidazole rings is 1. The van der Waals surface area contributed by atoms with Crippen LogP contribution in [0.25, 0.3) is 16.7 Å². The van der Waals surface area contributed by atoms with E-state index < -0.39 is 18.8 Å². The number of aryl methyl sites for hydroxylation is 1. The summed E-state index contributed by atoms with van der Waals surface area (Å²) in [6, 6.07) is 9.20. The van der Waals surface area contributed by atoms with E-state index in [1.807, 2.05) is 35.8 Å². The van der Waals surface area contributed by atoms with Crippen molar-refractivity contribution in [3.05, 3.63) is 52.3 Å². The molecule has 28 heavy (non-hydrogen) atoms. The second-order valence-corrected chi connectivity index (χ2v) is 7.38. The van der Waals surface area contributed by atoms with Gasteiger partial charge in [-0.3, -0.25) is 9.88 Å². The molecule has 0 aliphatic rings. The highest BCUT2D eigenvalue weighted by Crippen LogP contribution is 2.30. The SMILES string of the molecule is CNC(O)c1ccc(-n2cnc3c(NCCC(F)(F)F)cc(Br)cc32)cc1C. The number of benzene rings is 2. The molecular weight excluding hydrogens is 437 g/mol. The number of nitrogens with one attached hydrogen (secondary N) is 2. The van der Waals surface area contributed by atoms with Crippen LogP contribution < -0.4 is 10.6 Å². The molecule has 3 rings (SSSR count). The summed E-state index contributed by atoms with van der Waals surface area (Å²) in [7, 11) is 1.67. The van der Waals surface area contributed by atoms with Crippen molar-refractivity contribution in [2.75, 3.05) is 18.9 Å². The number of nitrogens with zero attached hydrogens (tertiary/aromatic N) is 2. The Morgan fingerprint density at radius 3 is 2.64 bits per heavy atom. The van der Waals surface area contributed by atoms with Gasteiger partial charge in [-0.15, -0.1) is 0 Å². The van der Waals surface area contributed by atoms with E-state index in [1.165, 1.54) is 0 Å². The number of alkyl halides is 3. The maximum absolute atomic E-state index is 12.4. The summed E-state index contributed by atoms with van der Waals surface area (Å²) in [5, 5.41) is 15.6. The van der Waals surface area contributed by atoms with E-state index in [0.717, 1.165) is 26.8 Å². The van der Waals surface area contributed by atoms with Crippen LogP contribution in [0.15, 0.2) is 41.1 Å². The number of fused-ring (bicyclic) bond motifs is 1. The van der Waals surface area contributed by atoms with Gasteiger partial charge in [-0.25, -0.2) is 4.98 Å². The molecule has 0 saturated carbocycles. The fourth-order valence-electron chi connectivity index (χ4n) is 3.03. The third kappa shape index (κ3) is 4.48. The minimum Gasteiger partial charge on any atom is -0.383 e. The minimum absolute atomic E-state index is 0.225. The molecule has 0 fully saturated rings. The van der Waals surface area contributed by atoms with Gasteiger partial charge in [0.1, 0.15) is 18.1 Å². The predicted octanol–water partition coefficient (Wildman–Crippen LogP) is 4.67. The zero-order chi connectivity index (χ0) is 20.5. The van der Waals surface area contributed by atoms with Gasteiger partial charge in [-0.05, 0) is 49.4 Å². The molecule has 1 unspecified atom stereocenters. The third-order valence-corrected chi connectivity index (χ3v) is 4.90. The maximum Gasteiger partial charge on any atom is 0.390 e. The van der Waals surface area contributed by atoms with E-state index in [4.69, 9.17) is 0 Å². The van der Waals surface area contributed by atoms with Crippen LogP contribution in [0.3, 0.4) is 0 Å². The van der Waals surface area contributed by atoms with Crippen LogP contribution in [0.5, 0.6) is 0 Å². The first-order valence-electron chi connectivity index (χ1n) is 8.63. The Labute approximate surface area is 168 Å². The van der Waals surface area contributed by atoms with Crippen LogP contribution in [-0.4, -0.2) is 34.4 Å². The van der Waals surface area contributed by atoms with E-state index in [-0.39, 0.29) is 6.54 Å². The second-order valence-electron chi connectivity index (χ2n) is 6.46. The molecule has 0 aliphatic carbocycles. The molecule has 3 aromatic rings. The topological polar surface area (TPSA) is 62.1 Å². The second kappa shape index (κ2) is 8.10. The quantitative estimate of drug-likeness (QED) is 0.471. The van der Waals surface area contributed by atoms with E-state index in [9.17, 15) is 18.3 Å². The molecule has 5 nitrogen and oxygen atoms in total. The predicted molar refractivity (Wildman–Crippen MR) is 107 cm³/mol. The number of aromatic nitrogens is 2. The molecule has 0 bridgehead atoms. The molecule has 0 radical (unpaired) electrons. The first-order chi connectivity index (χ1) is 13.2. The van der Waals surface area contributed by atoms with Gasteiger partial charge in [0.2, 0.25) is 0 Å². The zero-order valence-electron chi connectivity index (χ0n) is 15.3. The van der Waals surface area contributed by atoms with Gasteiger partial charge >= 0.3 is 6.18 Å². The molecule has 1 aromatic heterocycles. The summed E-state index contributed by atoms with van der Waals surface area (Å²) in [5.41, 5.74) is 4.39. The van der Waals surface area contributed by atoms with E-state index in [1.54, 1.807) is 19.4 Å². The highest BCUT2D eigenvalue weighted by atomic mass is 79.9. The smallest absolute Gasteiger partial charge is 0.383 e. The van der Waals surface area contributed by atoms with Crippen molar-refractivity contribution in [3.8, 4) is 5.69 Å². The van der Waals surface area contributed by atoms with Gasteiger partial charge in [0.25, 0.3) is 0 Å². The molecule has 0 spiro atoms. The third-order valence-electron chi connectivity index (χ3n) is 4.44. The Kier molecular flexibility index (Phi) is 5.97. The van der Waals surface area contributed by atoms with Crippen molar-refractivity contribution >= 4 is 32.7 Å². The largest absolute Gasteiger partial charge is 0.390 e. The lowest BCUT2D eigenvalue weighted by Gasteiger charge is -2.15. The Hall–Kier alpha value is -2.10. The summed E-state index contributed by atoms with van der Waals surface area (Å²) >= 11 is 3.42. The number of halogens is 4. The molecule has 150 valence electrons. The van der Waals surface area contributed by atoms with Crippen LogP contribution in [0.4, 0.5) is 18.9 Å². The number of aliphatic hydroxyl groups is 1. The Morgan fingerprint density at radius 1 is 1.25 bits per heavy atom. The lowest BCUT2D eigenvalue weighted by atomic mass is 10.1. The Morgan fingerprint density at radius 2 is 2.00 bits per heavy atom. The summed E-state index contributed by atoms with van der Waals surface area (Å²) in [5.74, 6) is 0. The molecule has 0 aliphatic heterocycles. The van der Waals surface area contributed by atoms with Crippen molar-refractivity contribution in [3.63, 3.8) is 0 Å². The number of rotatable bonds is 6. The van der Waals surface area contributed by atoms with Crippen molar-refractivity contribution in [2.24, 2.45) is 0 Å². The van der Waals surface area contributed by atoms with Crippen LogP contribution in [0.1, 0.15) is 23.8 Å². The molecule has 2 aromatic carbocycles. The van der Waals surface area contributed by atoms with Crippen molar-refractivity contribution in [1.29, 1.82) is 0 Å². The van der Waals surface area contributed by atoms with Gasteiger partial charge < -0.3 is 10.4 Å². The Bertz CT molecular complexity index is 987. The number of aliphatic hydroxyl groups excluding tert-OH is 1. The van der Waals surface area contributed by atoms with Crippen LogP contribution in [-0.2, 0) is 0 Å². The van der Waals surface area contributed by atoms with Gasteiger partial charge in [0, 0.05) is 16.7 Å². The van der Waals surface area contributed by atoms with Crippen molar-refractivity contribution < 1.29 is 18.3 Å². The summed E-state index contributed by atoms with van der Waals surface area (Å²) < 4.78 is 39.9. The molecule has 1 atom stereocenters. The van der Waals surface area contributed by atoms with E-state index >= 15 is 0 Å². The summed E-state index contributed by atoms with van der Waals surface area (Å²) in [6.45, 7) is 1.68. The number of anilines is 1. The Balaban J connectivity index is 1.97. The average Bonchev–Trinajstić information content (AvgIpc) is 3.03. The molecule has 0 amide bonds. The first kappa shape index (κ1) is 20.6. The number of hydrogen-bond acceptors (Lipinski definition) is 4. The highest BCUT2D eigenvalue weighted by molar-refractivity contribution is 9.10. The minimum atomic E-state index is -4.21.